The van der Waals surface area contributed by atoms with Crippen molar-refractivity contribution in [2.24, 2.45) is 0 Å². The van der Waals surface area contributed by atoms with E-state index in [1.807, 2.05) is 17.1 Å². The summed E-state index contributed by atoms with van der Waals surface area (Å²) in [6.45, 7) is 0. The predicted molar refractivity (Wildman–Crippen MR) is 40.3 cm³/mol. The van der Waals surface area contributed by atoms with Crippen LogP contribution in [0.25, 0.3) is 5.70 Å². The highest BCUT2D eigenvalue weighted by molar-refractivity contribution is 5.53. The molecular weight excluding hydrogens is 124 g/mol. The van der Waals surface area contributed by atoms with Crippen LogP contribution >= 0.6 is 0 Å². The second kappa shape index (κ2) is 2.14. The van der Waals surface area contributed by atoms with Crippen LogP contribution in [0.15, 0.2) is 36.9 Å². The van der Waals surface area contributed by atoms with Crippen LogP contribution in [0.5, 0.6) is 0 Å². The van der Waals surface area contributed by atoms with Gasteiger partial charge in [0.1, 0.15) is 0 Å². The summed E-state index contributed by atoms with van der Waals surface area (Å²) in [7, 11) is 0. The van der Waals surface area contributed by atoms with Gasteiger partial charge in [-0.1, -0.05) is 12.2 Å². The van der Waals surface area contributed by atoms with Crippen LogP contribution in [-0.2, 0) is 0 Å². The summed E-state index contributed by atoms with van der Waals surface area (Å²) >= 11 is 0. The Morgan fingerprint density at radius 1 is 1.50 bits per heavy atom. The Kier molecular flexibility index (Phi) is 1.17. The van der Waals surface area contributed by atoms with Crippen molar-refractivity contribution in [3.05, 3.63) is 36.9 Å². The highest BCUT2D eigenvalue weighted by Crippen LogP contribution is 2.14. The molecule has 1 aliphatic rings. The molecule has 1 aromatic heterocycles. The molecule has 0 bridgehead atoms. The molecule has 1 aliphatic carbocycles. The van der Waals surface area contributed by atoms with Gasteiger partial charge in [-0.15, -0.1) is 0 Å². The number of hydrogen-bond acceptors (Lipinski definition) is 1. The van der Waals surface area contributed by atoms with Gasteiger partial charge in [-0.05, 0) is 6.08 Å². The first kappa shape index (κ1) is 5.47. The maximum Gasteiger partial charge on any atom is 0.0989 e. The smallest absolute Gasteiger partial charge is 0.0989 e. The third-order valence-corrected chi connectivity index (χ3v) is 1.59. The number of aromatic nitrogens is 2. The monoisotopic (exact) mass is 132 g/mol. The summed E-state index contributed by atoms with van der Waals surface area (Å²) in [5.41, 5.74) is 1.29. The molecule has 0 aliphatic heterocycles. The molecule has 0 amide bonds. The van der Waals surface area contributed by atoms with Gasteiger partial charge < -0.3 is 4.57 Å². The van der Waals surface area contributed by atoms with Crippen molar-refractivity contribution in [2.75, 3.05) is 0 Å². The average molecular weight is 132 g/mol. The van der Waals surface area contributed by atoms with Gasteiger partial charge in [0.05, 0.1) is 6.33 Å². The molecule has 2 heteroatoms. The molecule has 0 aromatic carbocycles. The highest BCUT2D eigenvalue weighted by Gasteiger charge is 1.98. The topological polar surface area (TPSA) is 17.8 Å². The van der Waals surface area contributed by atoms with E-state index in [2.05, 4.69) is 23.2 Å². The zero-order chi connectivity index (χ0) is 6.81. The molecule has 0 atom stereocenters. The van der Waals surface area contributed by atoms with Crippen molar-refractivity contribution < 1.29 is 0 Å². The summed E-state index contributed by atoms with van der Waals surface area (Å²) in [4.78, 5) is 3.96. The van der Waals surface area contributed by atoms with E-state index in [0.29, 0.717) is 0 Å². The second-order valence-electron chi connectivity index (χ2n) is 2.26. The molecule has 0 N–H and O–H groups in total. The van der Waals surface area contributed by atoms with Gasteiger partial charge in [0.2, 0.25) is 0 Å². The largest absolute Gasteiger partial charge is 0.310 e. The maximum absolute atomic E-state index is 3.96. The number of imidazole rings is 1. The Balaban J connectivity index is 2.30. The summed E-state index contributed by atoms with van der Waals surface area (Å²) in [5, 5.41) is 0. The first-order valence-corrected chi connectivity index (χ1v) is 3.31. The quantitative estimate of drug-likeness (QED) is 0.568. The van der Waals surface area contributed by atoms with Crippen molar-refractivity contribution in [1.82, 2.24) is 9.55 Å². The summed E-state index contributed by atoms with van der Waals surface area (Å²) in [5.74, 6) is 0. The Bertz CT molecular complexity index is 267. The van der Waals surface area contributed by atoms with E-state index in [4.69, 9.17) is 0 Å². The fraction of sp³-hybridized carbons (Fsp3) is 0.125. The summed E-state index contributed by atoms with van der Waals surface area (Å²) < 4.78 is 2.03. The predicted octanol–water partition coefficient (Wildman–Crippen LogP) is 1.68. The van der Waals surface area contributed by atoms with Crippen LogP contribution < -0.4 is 0 Å². The number of allylic oxidation sites excluding steroid dienone is 4. The van der Waals surface area contributed by atoms with E-state index < -0.39 is 0 Å². The molecule has 0 unspecified atom stereocenters. The lowest BCUT2D eigenvalue weighted by Gasteiger charge is -1.99. The van der Waals surface area contributed by atoms with Crippen LogP contribution in [-0.4, -0.2) is 9.55 Å². The van der Waals surface area contributed by atoms with Gasteiger partial charge >= 0.3 is 0 Å². The fourth-order valence-corrected chi connectivity index (χ4v) is 1.06. The number of hydrogen-bond donors (Lipinski definition) is 0. The third kappa shape index (κ3) is 0.778. The molecule has 1 aromatic rings. The van der Waals surface area contributed by atoms with Gasteiger partial charge in [0.15, 0.2) is 0 Å². The van der Waals surface area contributed by atoms with Crippen molar-refractivity contribution >= 4 is 5.70 Å². The zero-order valence-corrected chi connectivity index (χ0v) is 5.57. The van der Waals surface area contributed by atoms with E-state index >= 15 is 0 Å². The van der Waals surface area contributed by atoms with Crippen molar-refractivity contribution in [3.63, 3.8) is 0 Å². The molecule has 0 saturated heterocycles. The Morgan fingerprint density at radius 3 is 3.10 bits per heavy atom. The standard InChI is InChI=1S/C8H8N2/c1-2-4-8(3-1)10-6-5-9-7-10/h1-3,5-7H,4H2. The lowest BCUT2D eigenvalue weighted by Crippen LogP contribution is -1.88. The minimum atomic E-state index is 1.02. The SMILES string of the molecule is C1=CCC(n2ccnc2)=C1. The molecule has 0 spiro atoms. The van der Waals surface area contributed by atoms with Crippen LogP contribution in [0.2, 0.25) is 0 Å². The van der Waals surface area contributed by atoms with Gasteiger partial charge in [0.25, 0.3) is 0 Å². The van der Waals surface area contributed by atoms with E-state index in [0.717, 1.165) is 6.42 Å². The molecular formula is C8H8N2. The number of rotatable bonds is 1. The molecule has 2 nitrogen and oxygen atoms in total. The molecule has 0 radical (unpaired) electrons. The third-order valence-electron chi connectivity index (χ3n) is 1.59. The van der Waals surface area contributed by atoms with Crippen LogP contribution in [0.4, 0.5) is 0 Å². The van der Waals surface area contributed by atoms with E-state index in [-0.39, 0.29) is 0 Å². The Labute approximate surface area is 59.5 Å². The van der Waals surface area contributed by atoms with Crippen LogP contribution in [0.1, 0.15) is 6.42 Å². The highest BCUT2D eigenvalue weighted by atomic mass is 15.0. The molecule has 1 heterocycles. The fourth-order valence-electron chi connectivity index (χ4n) is 1.06. The van der Waals surface area contributed by atoms with Crippen LogP contribution in [0, 0.1) is 0 Å². The molecule has 0 fully saturated rings. The first-order chi connectivity index (χ1) is 4.97. The van der Waals surface area contributed by atoms with Gasteiger partial charge in [-0.3, -0.25) is 0 Å². The van der Waals surface area contributed by atoms with Gasteiger partial charge in [0, 0.05) is 24.5 Å². The first-order valence-electron chi connectivity index (χ1n) is 3.31. The Hall–Kier alpha value is -1.31. The average Bonchev–Trinajstić information content (AvgIpc) is 2.59. The molecule has 50 valence electrons. The lowest BCUT2D eigenvalue weighted by atomic mass is 10.4. The zero-order valence-electron chi connectivity index (χ0n) is 5.57. The van der Waals surface area contributed by atoms with Crippen LogP contribution in [0.3, 0.4) is 0 Å². The van der Waals surface area contributed by atoms with E-state index in [9.17, 15) is 0 Å². The summed E-state index contributed by atoms with van der Waals surface area (Å²) in [6.07, 6.45) is 12.9. The van der Waals surface area contributed by atoms with Crippen molar-refractivity contribution in [1.29, 1.82) is 0 Å². The minimum absolute atomic E-state index is 1.02. The molecule has 10 heavy (non-hydrogen) atoms. The second-order valence-corrected chi connectivity index (χ2v) is 2.26. The van der Waals surface area contributed by atoms with Gasteiger partial charge in [-0.2, -0.15) is 0 Å². The molecule has 0 saturated carbocycles. The molecule has 2 rings (SSSR count). The lowest BCUT2D eigenvalue weighted by molar-refractivity contribution is 1.05. The van der Waals surface area contributed by atoms with Gasteiger partial charge in [-0.25, -0.2) is 4.98 Å². The number of nitrogens with zero attached hydrogens (tertiary/aromatic N) is 2. The minimum Gasteiger partial charge on any atom is -0.310 e. The van der Waals surface area contributed by atoms with Crippen molar-refractivity contribution in [2.45, 2.75) is 6.42 Å². The van der Waals surface area contributed by atoms with E-state index in [1.165, 1.54) is 5.70 Å². The normalized spacial score (nSPS) is 15.8. The summed E-state index contributed by atoms with van der Waals surface area (Å²) in [6, 6.07) is 0. The Morgan fingerprint density at radius 2 is 2.50 bits per heavy atom. The van der Waals surface area contributed by atoms with E-state index in [1.54, 1.807) is 6.20 Å². The maximum atomic E-state index is 3.96. The van der Waals surface area contributed by atoms with Crippen molar-refractivity contribution in [3.8, 4) is 0 Å².